The van der Waals surface area contributed by atoms with Gasteiger partial charge in [0.25, 0.3) is 0 Å². The monoisotopic (exact) mass is 170 g/mol. The van der Waals surface area contributed by atoms with Gasteiger partial charge >= 0.3 is 0 Å². The van der Waals surface area contributed by atoms with Crippen molar-refractivity contribution in [2.75, 3.05) is 13.2 Å². The maximum Gasteiger partial charge on any atom is 0.0519 e. The van der Waals surface area contributed by atoms with E-state index in [4.69, 9.17) is 4.74 Å². The van der Waals surface area contributed by atoms with Crippen molar-refractivity contribution in [2.45, 2.75) is 41.0 Å². The van der Waals surface area contributed by atoms with E-state index in [-0.39, 0.29) is 0 Å². The van der Waals surface area contributed by atoms with Crippen molar-refractivity contribution < 1.29 is 4.74 Å². The van der Waals surface area contributed by atoms with Gasteiger partial charge in [-0.05, 0) is 23.2 Å². The first-order valence-electron chi connectivity index (χ1n) is 4.91. The lowest BCUT2D eigenvalue weighted by Gasteiger charge is -2.31. The van der Waals surface area contributed by atoms with Gasteiger partial charge in [-0.2, -0.15) is 0 Å². The van der Waals surface area contributed by atoms with Crippen LogP contribution in [0.1, 0.15) is 41.0 Å². The van der Waals surface area contributed by atoms with Crippen molar-refractivity contribution in [2.24, 2.45) is 16.7 Å². The van der Waals surface area contributed by atoms with E-state index in [9.17, 15) is 0 Å². The number of hydrogen-bond donors (Lipinski definition) is 0. The van der Waals surface area contributed by atoms with E-state index >= 15 is 0 Å². The van der Waals surface area contributed by atoms with E-state index in [2.05, 4.69) is 34.6 Å². The highest BCUT2D eigenvalue weighted by atomic mass is 16.5. The molecule has 1 nitrogen and oxygen atoms in total. The summed E-state index contributed by atoms with van der Waals surface area (Å²) in [5.74, 6) is 0.759. The Morgan fingerprint density at radius 1 is 1.08 bits per heavy atom. The number of hydrogen-bond acceptors (Lipinski definition) is 1. The Hall–Kier alpha value is -0.0400. The number of ether oxygens (including phenoxy) is 1. The van der Waals surface area contributed by atoms with Gasteiger partial charge in [0.1, 0.15) is 0 Å². The van der Waals surface area contributed by atoms with E-state index in [1.54, 1.807) is 0 Å². The molecule has 0 saturated carbocycles. The highest BCUT2D eigenvalue weighted by molar-refractivity contribution is 4.83. The predicted octanol–water partition coefficient (Wildman–Crippen LogP) is 3.10. The molecule has 0 N–H and O–H groups in total. The molecule has 1 rings (SSSR count). The average Bonchev–Trinajstić information content (AvgIpc) is 1.90. The third-order valence-corrected chi connectivity index (χ3v) is 3.16. The highest BCUT2D eigenvalue weighted by Crippen LogP contribution is 2.39. The van der Waals surface area contributed by atoms with Crippen LogP contribution < -0.4 is 0 Å². The van der Waals surface area contributed by atoms with E-state index in [1.807, 2.05) is 0 Å². The summed E-state index contributed by atoms with van der Waals surface area (Å²) in [6.07, 6.45) is 1.28. The molecule has 0 bridgehead atoms. The first kappa shape index (κ1) is 10.0. The lowest BCUT2D eigenvalue weighted by Crippen LogP contribution is -2.26. The molecule has 1 atom stereocenters. The van der Waals surface area contributed by atoms with Crippen molar-refractivity contribution in [1.82, 2.24) is 0 Å². The van der Waals surface area contributed by atoms with Crippen LogP contribution in [-0.2, 0) is 4.74 Å². The molecule has 1 heteroatoms. The molecular weight excluding hydrogens is 148 g/mol. The molecule has 0 radical (unpaired) electrons. The van der Waals surface area contributed by atoms with Crippen LogP contribution in [0.4, 0.5) is 0 Å². The molecule has 1 aliphatic heterocycles. The molecule has 0 aromatic carbocycles. The quantitative estimate of drug-likeness (QED) is 0.543. The molecule has 0 aromatic rings. The summed E-state index contributed by atoms with van der Waals surface area (Å²) >= 11 is 0. The van der Waals surface area contributed by atoms with Crippen LogP contribution in [0, 0.1) is 16.7 Å². The average molecular weight is 170 g/mol. The first-order valence-corrected chi connectivity index (χ1v) is 4.91. The van der Waals surface area contributed by atoms with Gasteiger partial charge in [0, 0.05) is 0 Å². The molecule has 0 spiro atoms. The fraction of sp³-hybridized carbons (Fsp3) is 1.00. The maximum atomic E-state index is 5.70. The molecule has 1 fully saturated rings. The highest BCUT2D eigenvalue weighted by Gasteiger charge is 2.35. The van der Waals surface area contributed by atoms with E-state index in [1.165, 1.54) is 6.42 Å². The summed E-state index contributed by atoms with van der Waals surface area (Å²) in [5.41, 5.74) is 0.723. The Balaban J connectivity index is 2.69. The van der Waals surface area contributed by atoms with Crippen molar-refractivity contribution in [1.29, 1.82) is 0 Å². The van der Waals surface area contributed by atoms with Crippen LogP contribution in [0.3, 0.4) is 0 Å². The normalized spacial score (nSPS) is 34.2. The van der Waals surface area contributed by atoms with Gasteiger partial charge in [-0.1, -0.05) is 34.6 Å². The van der Waals surface area contributed by atoms with Gasteiger partial charge in [0.2, 0.25) is 0 Å². The maximum absolute atomic E-state index is 5.70. The third kappa shape index (κ3) is 2.22. The summed E-state index contributed by atoms with van der Waals surface area (Å²) in [7, 11) is 0. The molecule has 0 aliphatic carbocycles. The van der Waals surface area contributed by atoms with Crippen molar-refractivity contribution in [3.8, 4) is 0 Å². The summed E-state index contributed by atoms with van der Waals surface area (Å²) in [5, 5.41) is 0. The molecular formula is C11H22O. The predicted molar refractivity (Wildman–Crippen MR) is 52.2 cm³/mol. The molecule has 1 saturated heterocycles. The second kappa shape index (κ2) is 3.02. The minimum atomic E-state index is 0.355. The van der Waals surface area contributed by atoms with Crippen LogP contribution in [0.15, 0.2) is 0 Å². The van der Waals surface area contributed by atoms with Gasteiger partial charge < -0.3 is 4.74 Å². The fourth-order valence-corrected chi connectivity index (χ4v) is 1.90. The van der Waals surface area contributed by atoms with Gasteiger partial charge in [0.15, 0.2) is 0 Å². The second-order valence-electron chi connectivity index (χ2n) is 5.75. The van der Waals surface area contributed by atoms with E-state index in [0.29, 0.717) is 10.8 Å². The van der Waals surface area contributed by atoms with E-state index < -0.39 is 0 Å². The van der Waals surface area contributed by atoms with Gasteiger partial charge in [-0.15, -0.1) is 0 Å². The number of rotatable bonds is 0. The molecule has 1 heterocycles. The zero-order valence-electron chi connectivity index (χ0n) is 9.11. The fourth-order valence-electron chi connectivity index (χ4n) is 1.90. The van der Waals surface area contributed by atoms with Crippen LogP contribution in [0.25, 0.3) is 0 Å². The zero-order valence-corrected chi connectivity index (χ0v) is 9.11. The molecule has 1 aliphatic rings. The van der Waals surface area contributed by atoms with E-state index in [0.717, 1.165) is 19.1 Å². The Kier molecular flexibility index (Phi) is 2.53. The summed E-state index contributed by atoms with van der Waals surface area (Å²) in [6, 6.07) is 0. The minimum Gasteiger partial charge on any atom is -0.380 e. The van der Waals surface area contributed by atoms with Gasteiger partial charge in [-0.3, -0.25) is 0 Å². The Labute approximate surface area is 76.5 Å². The molecule has 1 unspecified atom stereocenters. The standard InChI is InChI=1S/C11H22O/c1-9-6-10(2,3)7-12-8-11(9,4)5/h9H,6-8H2,1-5H3. The van der Waals surface area contributed by atoms with Crippen LogP contribution in [0.2, 0.25) is 0 Å². The van der Waals surface area contributed by atoms with Crippen LogP contribution in [0.5, 0.6) is 0 Å². The lowest BCUT2D eigenvalue weighted by atomic mass is 9.73. The Bertz CT molecular complexity index is 158. The molecule has 12 heavy (non-hydrogen) atoms. The summed E-state index contributed by atoms with van der Waals surface area (Å²) in [6.45, 7) is 13.4. The smallest absolute Gasteiger partial charge is 0.0519 e. The minimum absolute atomic E-state index is 0.355. The second-order valence-corrected chi connectivity index (χ2v) is 5.75. The zero-order chi connectivity index (χ0) is 9.41. The van der Waals surface area contributed by atoms with Crippen LogP contribution in [-0.4, -0.2) is 13.2 Å². The SMILES string of the molecule is CC1CC(C)(C)COCC1(C)C. The Morgan fingerprint density at radius 3 is 2.25 bits per heavy atom. The lowest BCUT2D eigenvalue weighted by molar-refractivity contribution is 0.0417. The Morgan fingerprint density at radius 2 is 1.67 bits per heavy atom. The van der Waals surface area contributed by atoms with Gasteiger partial charge in [-0.25, -0.2) is 0 Å². The molecule has 0 aromatic heterocycles. The summed E-state index contributed by atoms with van der Waals surface area (Å²) < 4.78 is 5.70. The summed E-state index contributed by atoms with van der Waals surface area (Å²) in [4.78, 5) is 0. The van der Waals surface area contributed by atoms with Crippen molar-refractivity contribution >= 4 is 0 Å². The van der Waals surface area contributed by atoms with Crippen molar-refractivity contribution in [3.05, 3.63) is 0 Å². The largest absolute Gasteiger partial charge is 0.380 e. The van der Waals surface area contributed by atoms with Crippen LogP contribution >= 0.6 is 0 Å². The van der Waals surface area contributed by atoms with Gasteiger partial charge in [0.05, 0.1) is 13.2 Å². The first-order chi connectivity index (χ1) is 5.33. The topological polar surface area (TPSA) is 9.23 Å². The third-order valence-electron chi connectivity index (χ3n) is 3.16. The van der Waals surface area contributed by atoms with Crippen molar-refractivity contribution in [3.63, 3.8) is 0 Å². The molecule has 72 valence electrons. The molecule has 0 amide bonds.